The summed E-state index contributed by atoms with van der Waals surface area (Å²) < 4.78 is 11.3. The fraction of sp³-hybridized carbons (Fsp3) is 0.923. The number of carbonyl (C=O) groups excluding carboxylic acids is 3. The summed E-state index contributed by atoms with van der Waals surface area (Å²) in [6, 6.07) is 0. The lowest BCUT2D eigenvalue weighted by Gasteiger charge is -2.23. The van der Waals surface area contributed by atoms with Crippen LogP contribution in [0.15, 0.2) is 0 Å². The molecule has 0 aliphatic carbocycles. The Hall–Kier alpha value is -1.39. The van der Waals surface area contributed by atoms with E-state index in [1.165, 1.54) is 109 Å². The average Bonchev–Trinajstić information content (AvgIpc) is 3.01. The van der Waals surface area contributed by atoms with E-state index in [9.17, 15) is 14.4 Å². The molecular formula is C39H74O5. The van der Waals surface area contributed by atoms with E-state index in [2.05, 4.69) is 20.8 Å². The van der Waals surface area contributed by atoms with Gasteiger partial charge in [0.05, 0.1) is 0 Å². The van der Waals surface area contributed by atoms with Crippen LogP contribution < -0.4 is 0 Å². The van der Waals surface area contributed by atoms with E-state index in [0.717, 1.165) is 64.2 Å². The van der Waals surface area contributed by atoms with E-state index >= 15 is 0 Å². The van der Waals surface area contributed by atoms with Gasteiger partial charge < -0.3 is 9.47 Å². The van der Waals surface area contributed by atoms with Crippen molar-refractivity contribution in [3.8, 4) is 0 Å². The van der Waals surface area contributed by atoms with Crippen molar-refractivity contribution in [1.29, 1.82) is 0 Å². The molecule has 5 nitrogen and oxygen atoms in total. The van der Waals surface area contributed by atoms with Crippen molar-refractivity contribution >= 4 is 17.7 Å². The molecule has 0 heterocycles. The first-order chi connectivity index (χ1) is 21.5. The second-order valence-electron chi connectivity index (χ2n) is 13.3. The highest BCUT2D eigenvalue weighted by Crippen LogP contribution is 2.17. The van der Waals surface area contributed by atoms with Gasteiger partial charge in [-0.25, -0.2) is 0 Å². The molecule has 5 heteroatoms. The molecule has 2 unspecified atom stereocenters. The van der Waals surface area contributed by atoms with E-state index in [4.69, 9.17) is 9.47 Å². The first-order valence-electron chi connectivity index (χ1n) is 19.4. The van der Waals surface area contributed by atoms with Crippen molar-refractivity contribution in [3.63, 3.8) is 0 Å². The van der Waals surface area contributed by atoms with E-state index in [1.807, 2.05) is 0 Å². The third kappa shape index (κ3) is 28.1. The van der Waals surface area contributed by atoms with E-state index in [1.54, 1.807) is 6.92 Å². The molecule has 0 fully saturated rings. The Balaban J connectivity index is 4.38. The molecule has 0 radical (unpaired) electrons. The van der Waals surface area contributed by atoms with Gasteiger partial charge in [0.2, 0.25) is 0 Å². The molecule has 0 spiro atoms. The van der Waals surface area contributed by atoms with Gasteiger partial charge in [-0.2, -0.15) is 0 Å². The van der Waals surface area contributed by atoms with Crippen LogP contribution in [0.5, 0.6) is 0 Å². The van der Waals surface area contributed by atoms with Crippen LogP contribution in [-0.4, -0.2) is 29.9 Å². The minimum absolute atomic E-state index is 0.115. The summed E-state index contributed by atoms with van der Waals surface area (Å²) >= 11 is 0. The molecule has 0 aromatic carbocycles. The quantitative estimate of drug-likeness (QED) is 0.0527. The minimum atomic E-state index is -0.997. The third-order valence-corrected chi connectivity index (χ3v) is 8.82. The van der Waals surface area contributed by atoms with Crippen LogP contribution in [0.3, 0.4) is 0 Å². The summed E-state index contributed by atoms with van der Waals surface area (Å²) in [5.41, 5.74) is 0. The highest BCUT2D eigenvalue weighted by Gasteiger charge is 2.31. The maximum absolute atomic E-state index is 13.2. The van der Waals surface area contributed by atoms with Crippen LogP contribution in [0.2, 0.25) is 0 Å². The number of carbonyl (C=O) groups is 3. The van der Waals surface area contributed by atoms with Gasteiger partial charge in [0, 0.05) is 19.3 Å². The Kier molecular flexibility index (Phi) is 31.9. The molecule has 0 aliphatic heterocycles. The highest BCUT2D eigenvalue weighted by molar-refractivity contribution is 5.86. The number of esters is 2. The fourth-order valence-electron chi connectivity index (χ4n) is 5.86. The number of Topliss-reactive ketones (excluding diaryl/α,β-unsaturated/α-hetero) is 1. The van der Waals surface area contributed by atoms with Gasteiger partial charge >= 0.3 is 11.9 Å². The Morgan fingerprint density at radius 3 is 1.00 bits per heavy atom. The molecule has 260 valence electrons. The molecule has 0 saturated heterocycles. The SMILES string of the molecule is CCCCCCCCCCCCCCCCCC(=O)C(OC(=O)CCCCCCCCC)C(C)OC(=O)CCCCCCC. The predicted octanol–water partition coefficient (Wildman–Crippen LogP) is 12.2. The maximum atomic E-state index is 13.2. The molecule has 0 rings (SSSR count). The number of unbranched alkanes of at least 4 members (excludes halogenated alkanes) is 24. The molecular weight excluding hydrogens is 548 g/mol. The topological polar surface area (TPSA) is 69.7 Å². The largest absolute Gasteiger partial charge is 0.458 e. The van der Waals surface area contributed by atoms with Crippen molar-refractivity contribution in [2.75, 3.05) is 0 Å². The van der Waals surface area contributed by atoms with Crippen LogP contribution in [0.4, 0.5) is 0 Å². The molecule has 0 aromatic rings. The number of ether oxygens (including phenoxy) is 2. The van der Waals surface area contributed by atoms with Gasteiger partial charge in [-0.05, 0) is 26.2 Å². The predicted molar refractivity (Wildman–Crippen MR) is 186 cm³/mol. The zero-order valence-electron chi connectivity index (χ0n) is 29.9. The lowest BCUT2D eigenvalue weighted by molar-refractivity contribution is -0.171. The minimum Gasteiger partial charge on any atom is -0.458 e. The molecule has 2 atom stereocenters. The summed E-state index contributed by atoms with van der Waals surface area (Å²) in [6.45, 7) is 8.35. The lowest BCUT2D eigenvalue weighted by Crippen LogP contribution is -2.39. The second-order valence-corrected chi connectivity index (χ2v) is 13.3. The summed E-state index contributed by atoms with van der Waals surface area (Å²) in [5.74, 6) is -0.770. The molecule has 0 N–H and O–H groups in total. The smallest absolute Gasteiger partial charge is 0.306 e. The number of rotatable bonds is 34. The summed E-state index contributed by atoms with van der Waals surface area (Å²) in [5, 5.41) is 0. The summed E-state index contributed by atoms with van der Waals surface area (Å²) in [6.07, 6.45) is 31.5. The average molecular weight is 623 g/mol. The van der Waals surface area contributed by atoms with Gasteiger partial charge in [-0.15, -0.1) is 0 Å². The summed E-state index contributed by atoms with van der Waals surface area (Å²) in [4.78, 5) is 38.3. The van der Waals surface area contributed by atoms with E-state index < -0.39 is 12.2 Å². The van der Waals surface area contributed by atoms with Crippen molar-refractivity contribution in [3.05, 3.63) is 0 Å². The van der Waals surface area contributed by atoms with Crippen molar-refractivity contribution in [2.45, 2.75) is 233 Å². The van der Waals surface area contributed by atoms with Crippen molar-refractivity contribution in [2.24, 2.45) is 0 Å². The third-order valence-electron chi connectivity index (χ3n) is 8.82. The number of ketones is 1. The molecule has 0 aliphatic rings. The van der Waals surface area contributed by atoms with Crippen molar-refractivity contribution < 1.29 is 23.9 Å². The maximum Gasteiger partial charge on any atom is 0.306 e. The van der Waals surface area contributed by atoms with E-state index in [0.29, 0.717) is 19.3 Å². The first kappa shape index (κ1) is 42.6. The highest BCUT2D eigenvalue weighted by atomic mass is 16.6. The van der Waals surface area contributed by atoms with Crippen LogP contribution in [0.1, 0.15) is 220 Å². The Morgan fingerprint density at radius 1 is 0.386 bits per heavy atom. The van der Waals surface area contributed by atoms with Gasteiger partial charge in [0.1, 0.15) is 6.10 Å². The number of hydrogen-bond acceptors (Lipinski definition) is 5. The Bertz CT molecular complexity index is 661. The van der Waals surface area contributed by atoms with Gasteiger partial charge in [0.25, 0.3) is 0 Å². The zero-order chi connectivity index (χ0) is 32.5. The lowest BCUT2D eigenvalue weighted by atomic mass is 10.0. The summed E-state index contributed by atoms with van der Waals surface area (Å²) in [7, 11) is 0. The molecule has 0 amide bonds. The molecule has 0 saturated carbocycles. The van der Waals surface area contributed by atoms with Crippen LogP contribution >= 0.6 is 0 Å². The molecule has 0 aromatic heterocycles. The second kappa shape index (κ2) is 33.0. The van der Waals surface area contributed by atoms with Gasteiger partial charge in [0.15, 0.2) is 11.9 Å². The first-order valence-corrected chi connectivity index (χ1v) is 19.4. The monoisotopic (exact) mass is 623 g/mol. The van der Waals surface area contributed by atoms with Crippen LogP contribution in [0.25, 0.3) is 0 Å². The van der Waals surface area contributed by atoms with Crippen LogP contribution in [-0.2, 0) is 23.9 Å². The normalized spacial score (nSPS) is 12.6. The molecule has 44 heavy (non-hydrogen) atoms. The zero-order valence-corrected chi connectivity index (χ0v) is 29.9. The molecule has 0 bridgehead atoms. The van der Waals surface area contributed by atoms with Crippen molar-refractivity contribution in [1.82, 2.24) is 0 Å². The van der Waals surface area contributed by atoms with Crippen LogP contribution in [0, 0.1) is 0 Å². The van der Waals surface area contributed by atoms with Gasteiger partial charge in [-0.1, -0.05) is 175 Å². The number of hydrogen-bond donors (Lipinski definition) is 0. The Labute approximate surface area is 273 Å². The standard InChI is InChI=1S/C39H74O5/c1-5-8-11-14-16-17-18-19-20-21-22-23-25-27-29-32-36(40)39(35(4)43-37(41)33-30-26-13-10-7-3)44-38(42)34-31-28-24-15-12-9-6-2/h35,39H,5-34H2,1-4H3. The fourth-order valence-corrected chi connectivity index (χ4v) is 5.86. The van der Waals surface area contributed by atoms with E-state index in [-0.39, 0.29) is 17.7 Å². The Morgan fingerprint density at radius 2 is 0.659 bits per heavy atom. The van der Waals surface area contributed by atoms with Gasteiger partial charge in [-0.3, -0.25) is 14.4 Å².